The van der Waals surface area contributed by atoms with Crippen molar-refractivity contribution in [1.82, 2.24) is 14.9 Å². The zero-order chi connectivity index (χ0) is 29.6. The van der Waals surface area contributed by atoms with Crippen LogP contribution < -0.4 is 10.1 Å². The molecule has 2 fully saturated rings. The van der Waals surface area contributed by atoms with Crippen molar-refractivity contribution in [2.75, 3.05) is 13.7 Å². The lowest BCUT2D eigenvalue weighted by molar-refractivity contribution is -0.183. The molecule has 1 unspecified atom stereocenters. The minimum atomic E-state index is -1.23. The Morgan fingerprint density at radius 1 is 1.17 bits per heavy atom. The number of aromatic nitrogens is 2. The lowest BCUT2D eigenvalue weighted by Gasteiger charge is -2.43. The zero-order valence-electron chi connectivity index (χ0n) is 24.3. The minimum absolute atomic E-state index is 0.194. The lowest BCUT2D eigenvalue weighted by atomic mass is 9.78. The van der Waals surface area contributed by atoms with Gasteiger partial charge < -0.3 is 33.6 Å². The SMILES string of the molecule is COc1cccc(CO[C@]2(C(=O)NCCCn3ccnc3)CC(OCc3ccccc3C#N)[C@@H]3OC(C)(C)O[C@@H]3C2)c1. The van der Waals surface area contributed by atoms with Gasteiger partial charge in [-0.25, -0.2) is 4.98 Å². The van der Waals surface area contributed by atoms with Gasteiger partial charge in [-0.05, 0) is 49.6 Å². The van der Waals surface area contributed by atoms with Crippen molar-refractivity contribution in [3.05, 3.63) is 83.9 Å². The van der Waals surface area contributed by atoms with Crippen molar-refractivity contribution in [1.29, 1.82) is 5.26 Å². The number of hydrogen-bond acceptors (Lipinski definition) is 8. The number of benzene rings is 2. The summed E-state index contributed by atoms with van der Waals surface area (Å²) >= 11 is 0. The van der Waals surface area contributed by atoms with Gasteiger partial charge in [0.25, 0.3) is 5.91 Å². The standard InChI is InChI=1S/C32H38N4O6/c1-31(2)41-28-18-32(40-20-23-8-6-11-26(16-23)38-3,30(37)35-12-7-14-36-15-13-34-22-36)17-27(29(28)42-31)39-21-25-10-5-4-9-24(25)19-33/h4-6,8-11,13,15-16,22,27-29H,7,12,14,17-18,20-21H2,1-3H3,(H,35,37)/t27?,28-,29+,32-/m1/s1. The molecule has 1 N–H and O–H groups in total. The Bertz CT molecular complexity index is 1390. The van der Waals surface area contributed by atoms with E-state index in [0.29, 0.717) is 24.3 Å². The average Bonchev–Trinajstić information content (AvgIpc) is 3.63. The molecule has 1 aromatic heterocycles. The number of imidazole rings is 1. The van der Waals surface area contributed by atoms with Gasteiger partial charge in [0.15, 0.2) is 11.4 Å². The molecule has 0 spiro atoms. The molecule has 2 heterocycles. The van der Waals surface area contributed by atoms with Crippen LogP contribution in [0.5, 0.6) is 5.75 Å². The Morgan fingerprint density at radius 2 is 2.02 bits per heavy atom. The second-order valence-corrected chi connectivity index (χ2v) is 11.2. The number of carbonyl (C=O) groups excluding carboxylic acids is 1. The van der Waals surface area contributed by atoms with Crippen LogP contribution in [0.15, 0.2) is 67.3 Å². The van der Waals surface area contributed by atoms with Crippen molar-refractivity contribution in [2.45, 2.75) is 82.6 Å². The molecule has 10 heteroatoms. The largest absolute Gasteiger partial charge is 0.497 e. The van der Waals surface area contributed by atoms with Crippen molar-refractivity contribution >= 4 is 5.91 Å². The normalized spacial score (nSPS) is 24.5. The third-order valence-corrected chi connectivity index (χ3v) is 7.74. The molecule has 4 atom stereocenters. The summed E-state index contributed by atoms with van der Waals surface area (Å²) in [7, 11) is 1.62. The molecule has 5 rings (SSSR count). The number of fused-ring (bicyclic) bond motifs is 1. The van der Waals surface area contributed by atoms with Crippen LogP contribution in [0.4, 0.5) is 0 Å². The third kappa shape index (κ3) is 6.99. The van der Waals surface area contributed by atoms with Crippen LogP contribution in [-0.2, 0) is 43.5 Å². The van der Waals surface area contributed by atoms with Crippen LogP contribution >= 0.6 is 0 Å². The summed E-state index contributed by atoms with van der Waals surface area (Å²) in [6.07, 6.45) is 5.37. The highest BCUT2D eigenvalue weighted by molar-refractivity contribution is 5.85. The maximum absolute atomic E-state index is 14.0. The maximum Gasteiger partial charge on any atom is 0.252 e. The molecule has 2 aromatic carbocycles. The molecule has 1 amide bonds. The summed E-state index contributed by atoms with van der Waals surface area (Å²) in [6.45, 7) is 5.33. The number of rotatable bonds is 12. The fraction of sp³-hybridized carbons (Fsp3) is 0.469. The molecule has 222 valence electrons. The first-order valence-corrected chi connectivity index (χ1v) is 14.3. The van der Waals surface area contributed by atoms with E-state index in [1.807, 2.05) is 67.1 Å². The highest BCUT2D eigenvalue weighted by atomic mass is 16.8. The molecule has 10 nitrogen and oxygen atoms in total. The first-order valence-electron chi connectivity index (χ1n) is 14.3. The Hall–Kier alpha value is -3.75. The number of carbonyl (C=O) groups is 1. The summed E-state index contributed by atoms with van der Waals surface area (Å²) in [4.78, 5) is 18.1. The van der Waals surface area contributed by atoms with E-state index in [1.54, 1.807) is 25.7 Å². The molecular formula is C32H38N4O6. The van der Waals surface area contributed by atoms with Gasteiger partial charge >= 0.3 is 0 Å². The first-order chi connectivity index (χ1) is 20.3. The Balaban J connectivity index is 1.38. The van der Waals surface area contributed by atoms with Crippen molar-refractivity contribution in [2.24, 2.45) is 0 Å². The second-order valence-electron chi connectivity index (χ2n) is 11.2. The smallest absolute Gasteiger partial charge is 0.252 e. The van der Waals surface area contributed by atoms with Crippen molar-refractivity contribution < 1.29 is 28.5 Å². The molecule has 1 aliphatic carbocycles. The Labute approximate surface area is 246 Å². The number of aryl methyl sites for hydroxylation is 1. The van der Waals surface area contributed by atoms with Crippen LogP contribution in [0, 0.1) is 11.3 Å². The molecule has 1 aliphatic heterocycles. The van der Waals surface area contributed by atoms with Gasteiger partial charge in [-0.3, -0.25) is 4.79 Å². The van der Waals surface area contributed by atoms with E-state index in [1.165, 1.54) is 0 Å². The van der Waals surface area contributed by atoms with E-state index in [0.717, 1.165) is 24.1 Å². The zero-order valence-corrected chi connectivity index (χ0v) is 24.3. The molecule has 42 heavy (non-hydrogen) atoms. The number of nitrogens with one attached hydrogen (secondary N) is 1. The molecule has 1 saturated heterocycles. The third-order valence-electron chi connectivity index (χ3n) is 7.74. The fourth-order valence-corrected chi connectivity index (χ4v) is 5.69. The monoisotopic (exact) mass is 574 g/mol. The number of ether oxygens (including phenoxy) is 5. The van der Waals surface area contributed by atoms with Gasteiger partial charge in [-0.1, -0.05) is 30.3 Å². The predicted molar refractivity (Wildman–Crippen MR) is 153 cm³/mol. The van der Waals surface area contributed by atoms with Crippen LogP contribution in [0.3, 0.4) is 0 Å². The van der Waals surface area contributed by atoms with E-state index in [4.69, 9.17) is 23.7 Å². The summed E-state index contributed by atoms with van der Waals surface area (Å²) in [5.41, 5.74) is 0.966. The van der Waals surface area contributed by atoms with E-state index < -0.39 is 29.7 Å². The average molecular weight is 575 g/mol. The quantitative estimate of drug-likeness (QED) is 0.321. The van der Waals surface area contributed by atoms with Crippen molar-refractivity contribution in [3.63, 3.8) is 0 Å². The van der Waals surface area contributed by atoms with Gasteiger partial charge in [0.2, 0.25) is 0 Å². The Morgan fingerprint density at radius 3 is 2.81 bits per heavy atom. The van der Waals surface area contributed by atoms with E-state index >= 15 is 0 Å². The number of methoxy groups -OCH3 is 1. The van der Waals surface area contributed by atoms with Crippen molar-refractivity contribution in [3.8, 4) is 11.8 Å². The summed E-state index contributed by atoms with van der Waals surface area (Å²) in [5.74, 6) is -0.343. The van der Waals surface area contributed by atoms with E-state index in [2.05, 4.69) is 16.4 Å². The molecular weight excluding hydrogens is 536 g/mol. The number of amides is 1. The predicted octanol–water partition coefficient (Wildman–Crippen LogP) is 4.12. The summed E-state index contributed by atoms with van der Waals surface area (Å²) < 4.78 is 33.0. The van der Waals surface area contributed by atoms with Crippen LogP contribution in [0.25, 0.3) is 0 Å². The molecule has 0 radical (unpaired) electrons. The molecule has 0 bridgehead atoms. The molecule has 1 saturated carbocycles. The van der Waals surface area contributed by atoms with Crippen LogP contribution in [-0.4, -0.2) is 58.8 Å². The van der Waals surface area contributed by atoms with Gasteiger partial charge in [0, 0.05) is 38.3 Å². The van der Waals surface area contributed by atoms with E-state index in [9.17, 15) is 10.1 Å². The highest BCUT2D eigenvalue weighted by Crippen LogP contribution is 2.44. The lowest BCUT2D eigenvalue weighted by Crippen LogP contribution is -2.60. The molecule has 3 aromatic rings. The van der Waals surface area contributed by atoms with Gasteiger partial charge in [-0.15, -0.1) is 0 Å². The maximum atomic E-state index is 14.0. The van der Waals surface area contributed by atoms with E-state index in [-0.39, 0.29) is 25.5 Å². The minimum Gasteiger partial charge on any atom is -0.497 e. The number of nitrogens with zero attached hydrogens (tertiary/aromatic N) is 3. The van der Waals surface area contributed by atoms with Gasteiger partial charge in [0.1, 0.15) is 11.9 Å². The topological polar surface area (TPSA) is 117 Å². The van der Waals surface area contributed by atoms with Gasteiger partial charge in [0.05, 0.1) is 50.5 Å². The summed E-state index contributed by atoms with van der Waals surface area (Å²) in [5, 5.41) is 12.7. The molecule has 2 aliphatic rings. The number of hydrogen-bond donors (Lipinski definition) is 1. The van der Waals surface area contributed by atoms with Gasteiger partial charge in [-0.2, -0.15) is 5.26 Å². The fourth-order valence-electron chi connectivity index (χ4n) is 5.69. The Kier molecular flexibility index (Phi) is 9.24. The second kappa shape index (κ2) is 13.0. The van der Waals surface area contributed by atoms with Crippen LogP contribution in [0.2, 0.25) is 0 Å². The van der Waals surface area contributed by atoms with Crippen LogP contribution in [0.1, 0.15) is 49.8 Å². The summed E-state index contributed by atoms with van der Waals surface area (Å²) in [6, 6.07) is 17.2. The highest BCUT2D eigenvalue weighted by Gasteiger charge is 2.58. The number of nitriles is 1. The first kappa shape index (κ1) is 29.7.